The fourth-order valence-electron chi connectivity index (χ4n) is 1.45. The molecule has 14 heavy (non-hydrogen) atoms. The van der Waals surface area contributed by atoms with Crippen molar-refractivity contribution in [3.05, 3.63) is 22.8 Å². The lowest BCUT2D eigenvalue weighted by Gasteiger charge is -2.11. The van der Waals surface area contributed by atoms with E-state index >= 15 is 0 Å². The van der Waals surface area contributed by atoms with Crippen molar-refractivity contribution in [1.82, 2.24) is 10.3 Å². The van der Waals surface area contributed by atoms with Gasteiger partial charge in [-0.1, -0.05) is 0 Å². The third-order valence-corrected chi connectivity index (χ3v) is 2.61. The first-order chi connectivity index (χ1) is 6.34. The highest BCUT2D eigenvalue weighted by Crippen LogP contribution is 2.12. The molecular formula is C9H13BrClN3. The Balaban J connectivity index is 0.000000980. The maximum Gasteiger partial charge on any atom is 0.126 e. The molecule has 1 fully saturated rings. The van der Waals surface area contributed by atoms with Gasteiger partial charge in [0.2, 0.25) is 0 Å². The van der Waals surface area contributed by atoms with Gasteiger partial charge in [0.25, 0.3) is 0 Å². The van der Waals surface area contributed by atoms with Crippen LogP contribution in [0.1, 0.15) is 6.42 Å². The predicted molar refractivity (Wildman–Crippen MR) is 64.1 cm³/mol. The molecular weight excluding hydrogens is 265 g/mol. The fourth-order valence-corrected chi connectivity index (χ4v) is 1.68. The van der Waals surface area contributed by atoms with Crippen LogP contribution in [0.15, 0.2) is 22.8 Å². The van der Waals surface area contributed by atoms with Gasteiger partial charge in [-0.25, -0.2) is 4.98 Å². The van der Waals surface area contributed by atoms with E-state index in [1.807, 2.05) is 18.3 Å². The van der Waals surface area contributed by atoms with Crippen molar-refractivity contribution < 1.29 is 0 Å². The van der Waals surface area contributed by atoms with Gasteiger partial charge in [-0.3, -0.25) is 0 Å². The third kappa shape index (κ3) is 3.12. The zero-order chi connectivity index (χ0) is 9.10. The van der Waals surface area contributed by atoms with E-state index in [4.69, 9.17) is 0 Å². The average Bonchev–Trinajstić information content (AvgIpc) is 2.62. The number of nitrogens with one attached hydrogen (secondary N) is 2. The van der Waals surface area contributed by atoms with E-state index in [0.29, 0.717) is 6.04 Å². The van der Waals surface area contributed by atoms with Crippen molar-refractivity contribution in [1.29, 1.82) is 0 Å². The zero-order valence-electron chi connectivity index (χ0n) is 7.66. The normalized spacial score (nSPS) is 20.2. The lowest BCUT2D eigenvalue weighted by Crippen LogP contribution is -2.22. The average molecular weight is 279 g/mol. The van der Waals surface area contributed by atoms with Gasteiger partial charge in [0.1, 0.15) is 5.82 Å². The van der Waals surface area contributed by atoms with E-state index in [-0.39, 0.29) is 12.4 Å². The van der Waals surface area contributed by atoms with Crippen LogP contribution >= 0.6 is 28.3 Å². The molecule has 1 aliphatic heterocycles. The summed E-state index contributed by atoms with van der Waals surface area (Å²) in [7, 11) is 0. The van der Waals surface area contributed by atoms with E-state index < -0.39 is 0 Å². The molecule has 1 saturated heterocycles. The summed E-state index contributed by atoms with van der Waals surface area (Å²) in [6, 6.07) is 4.52. The van der Waals surface area contributed by atoms with Gasteiger partial charge in [0, 0.05) is 23.3 Å². The molecule has 0 aliphatic carbocycles. The Hall–Kier alpha value is -0.320. The number of anilines is 1. The molecule has 78 valence electrons. The van der Waals surface area contributed by atoms with E-state index in [1.54, 1.807) is 0 Å². The molecule has 2 N–H and O–H groups in total. The smallest absolute Gasteiger partial charge is 0.126 e. The molecule has 2 rings (SSSR count). The lowest BCUT2D eigenvalue weighted by molar-refractivity contribution is 0.788. The summed E-state index contributed by atoms with van der Waals surface area (Å²) >= 11 is 3.36. The highest BCUT2D eigenvalue weighted by molar-refractivity contribution is 9.10. The van der Waals surface area contributed by atoms with Gasteiger partial charge in [-0.2, -0.15) is 0 Å². The Morgan fingerprint density at radius 2 is 2.36 bits per heavy atom. The van der Waals surface area contributed by atoms with Gasteiger partial charge in [0.15, 0.2) is 0 Å². The van der Waals surface area contributed by atoms with Crippen LogP contribution in [0.25, 0.3) is 0 Å². The Kier molecular flexibility index (Phi) is 4.65. The standard InChI is InChI=1S/C9H12BrN3.ClH/c10-7-1-2-9(12-5-7)13-8-3-4-11-6-8;/h1-2,5,8,11H,3-4,6H2,(H,12,13);1H/t8-;/m1./s1. The highest BCUT2D eigenvalue weighted by Gasteiger charge is 2.13. The summed E-state index contributed by atoms with van der Waals surface area (Å²) < 4.78 is 1.02. The summed E-state index contributed by atoms with van der Waals surface area (Å²) in [5.74, 6) is 0.955. The minimum Gasteiger partial charge on any atom is -0.366 e. The zero-order valence-corrected chi connectivity index (χ0v) is 10.1. The molecule has 0 amide bonds. The van der Waals surface area contributed by atoms with Crippen molar-refractivity contribution in [3.8, 4) is 0 Å². The van der Waals surface area contributed by atoms with Crippen LogP contribution in [0.5, 0.6) is 0 Å². The summed E-state index contributed by atoms with van der Waals surface area (Å²) in [5, 5.41) is 6.68. The van der Waals surface area contributed by atoms with Crippen LogP contribution in [-0.4, -0.2) is 24.1 Å². The second kappa shape index (κ2) is 5.53. The summed E-state index contributed by atoms with van der Waals surface area (Å²) in [5.41, 5.74) is 0. The predicted octanol–water partition coefficient (Wildman–Crippen LogP) is 2.04. The first kappa shape index (κ1) is 11.8. The first-order valence-electron chi connectivity index (χ1n) is 4.43. The highest BCUT2D eigenvalue weighted by atomic mass is 79.9. The number of aromatic nitrogens is 1. The van der Waals surface area contributed by atoms with E-state index in [2.05, 4.69) is 31.5 Å². The third-order valence-electron chi connectivity index (χ3n) is 2.14. The summed E-state index contributed by atoms with van der Waals surface area (Å²) in [6.07, 6.45) is 2.99. The van der Waals surface area contributed by atoms with Crippen LogP contribution in [0.2, 0.25) is 0 Å². The van der Waals surface area contributed by atoms with E-state index in [1.165, 1.54) is 6.42 Å². The van der Waals surface area contributed by atoms with Gasteiger partial charge in [0.05, 0.1) is 0 Å². The number of nitrogens with zero attached hydrogens (tertiary/aromatic N) is 1. The van der Waals surface area contributed by atoms with Gasteiger partial charge in [-0.05, 0) is 41.0 Å². The van der Waals surface area contributed by atoms with Crippen LogP contribution in [0, 0.1) is 0 Å². The number of hydrogen-bond acceptors (Lipinski definition) is 3. The Morgan fingerprint density at radius 3 is 2.93 bits per heavy atom. The van der Waals surface area contributed by atoms with Crippen LogP contribution in [0.4, 0.5) is 5.82 Å². The largest absolute Gasteiger partial charge is 0.366 e. The number of rotatable bonds is 2. The van der Waals surface area contributed by atoms with Crippen molar-refractivity contribution in [2.24, 2.45) is 0 Å². The SMILES string of the molecule is Brc1ccc(N[C@@H]2CCNC2)nc1.Cl. The lowest BCUT2D eigenvalue weighted by atomic mass is 10.2. The fraction of sp³-hybridized carbons (Fsp3) is 0.444. The molecule has 0 saturated carbocycles. The van der Waals surface area contributed by atoms with Crippen molar-refractivity contribution in [2.45, 2.75) is 12.5 Å². The maximum atomic E-state index is 4.26. The molecule has 0 spiro atoms. The van der Waals surface area contributed by atoms with Crippen LogP contribution in [-0.2, 0) is 0 Å². The number of hydrogen-bond donors (Lipinski definition) is 2. The second-order valence-corrected chi connectivity index (χ2v) is 4.11. The Morgan fingerprint density at radius 1 is 1.50 bits per heavy atom. The van der Waals surface area contributed by atoms with E-state index in [9.17, 15) is 0 Å². The molecule has 1 aromatic heterocycles. The van der Waals surface area contributed by atoms with Crippen LogP contribution < -0.4 is 10.6 Å². The quantitative estimate of drug-likeness (QED) is 0.869. The summed E-state index contributed by atoms with van der Waals surface area (Å²) in [4.78, 5) is 4.26. The van der Waals surface area contributed by atoms with Gasteiger partial charge < -0.3 is 10.6 Å². The minimum atomic E-state index is 0. The molecule has 5 heteroatoms. The monoisotopic (exact) mass is 277 g/mol. The molecule has 1 aromatic rings. The van der Waals surface area contributed by atoms with Crippen molar-refractivity contribution in [2.75, 3.05) is 18.4 Å². The van der Waals surface area contributed by atoms with Gasteiger partial charge in [-0.15, -0.1) is 12.4 Å². The molecule has 0 aromatic carbocycles. The molecule has 1 atom stereocenters. The van der Waals surface area contributed by atoms with E-state index in [0.717, 1.165) is 23.4 Å². The van der Waals surface area contributed by atoms with Gasteiger partial charge >= 0.3 is 0 Å². The first-order valence-corrected chi connectivity index (χ1v) is 5.23. The Bertz CT molecular complexity index is 272. The molecule has 1 aliphatic rings. The molecule has 3 nitrogen and oxygen atoms in total. The minimum absolute atomic E-state index is 0. The maximum absolute atomic E-state index is 4.26. The second-order valence-electron chi connectivity index (χ2n) is 3.20. The molecule has 0 bridgehead atoms. The summed E-state index contributed by atoms with van der Waals surface area (Å²) in [6.45, 7) is 2.14. The molecule has 0 radical (unpaired) electrons. The molecule has 2 heterocycles. The number of pyridine rings is 1. The topological polar surface area (TPSA) is 37.0 Å². The van der Waals surface area contributed by atoms with Crippen LogP contribution in [0.3, 0.4) is 0 Å². The van der Waals surface area contributed by atoms with Crippen molar-refractivity contribution >= 4 is 34.2 Å². The molecule has 0 unspecified atom stereocenters. The Labute approximate surface area is 98.2 Å². The number of halogens is 2. The van der Waals surface area contributed by atoms with Crippen molar-refractivity contribution in [3.63, 3.8) is 0 Å².